The van der Waals surface area contributed by atoms with E-state index in [2.05, 4.69) is 19.1 Å². The molecule has 0 fully saturated rings. The van der Waals surface area contributed by atoms with Crippen LogP contribution in [0.15, 0.2) is 24.3 Å². The lowest BCUT2D eigenvalue weighted by Crippen LogP contribution is -1.87. The topological polar surface area (TPSA) is 9.23 Å². The standard InChI is InChI=1S/C13H20O/c1-3-4-5-6-7-12-8-10-13(14-2)11-9-12/h8-11H,3-7H2,1-2H3. The zero-order valence-corrected chi connectivity index (χ0v) is 9.25. The van der Waals surface area contributed by atoms with Crippen LogP contribution in [-0.4, -0.2) is 7.11 Å². The molecule has 78 valence electrons. The minimum atomic E-state index is 0.947. The minimum absolute atomic E-state index is 0.947. The number of hydrogen-bond acceptors (Lipinski definition) is 1. The van der Waals surface area contributed by atoms with Crippen LogP contribution in [0.2, 0.25) is 0 Å². The first kappa shape index (κ1) is 11.1. The molecular weight excluding hydrogens is 172 g/mol. The van der Waals surface area contributed by atoms with E-state index in [1.807, 2.05) is 12.1 Å². The van der Waals surface area contributed by atoms with Crippen molar-refractivity contribution in [2.45, 2.75) is 39.0 Å². The van der Waals surface area contributed by atoms with Gasteiger partial charge in [-0.2, -0.15) is 0 Å². The Hall–Kier alpha value is -0.980. The van der Waals surface area contributed by atoms with Crippen molar-refractivity contribution in [3.05, 3.63) is 29.8 Å². The van der Waals surface area contributed by atoms with E-state index in [0.717, 1.165) is 5.75 Å². The van der Waals surface area contributed by atoms with Crippen LogP contribution < -0.4 is 4.74 Å². The summed E-state index contributed by atoms with van der Waals surface area (Å²) in [6, 6.07) is 8.39. The second-order valence-electron chi connectivity index (χ2n) is 3.66. The third-order valence-corrected chi connectivity index (χ3v) is 2.48. The molecule has 0 unspecified atom stereocenters. The first-order valence-electron chi connectivity index (χ1n) is 5.49. The van der Waals surface area contributed by atoms with Gasteiger partial charge in [-0.25, -0.2) is 0 Å². The maximum atomic E-state index is 5.11. The Morgan fingerprint density at radius 2 is 1.71 bits per heavy atom. The van der Waals surface area contributed by atoms with Gasteiger partial charge in [-0.15, -0.1) is 0 Å². The largest absolute Gasteiger partial charge is 0.497 e. The van der Waals surface area contributed by atoms with Gasteiger partial charge in [0.05, 0.1) is 7.11 Å². The molecule has 0 aromatic heterocycles. The van der Waals surface area contributed by atoms with E-state index < -0.39 is 0 Å². The highest BCUT2D eigenvalue weighted by molar-refractivity contribution is 5.27. The molecule has 0 atom stereocenters. The highest BCUT2D eigenvalue weighted by Gasteiger charge is 1.94. The predicted octanol–water partition coefficient (Wildman–Crippen LogP) is 3.82. The van der Waals surface area contributed by atoms with Crippen molar-refractivity contribution in [2.75, 3.05) is 7.11 Å². The first-order chi connectivity index (χ1) is 6.86. The molecule has 1 heteroatoms. The third-order valence-electron chi connectivity index (χ3n) is 2.48. The minimum Gasteiger partial charge on any atom is -0.497 e. The van der Waals surface area contributed by atoms with Crippen molar-refractivity contribution in [3.8, 4) is 5.75 Å². The molecule has 1 aromatic rings. The highest BCUT2D eigenvalue weighted by Crippen LogP contribution is 2.13. The zero-order valence-electron chi connectivity index (χ0n) is 9.25. The molecule has 0 bridgehead atoms. The summed E-state index contributed by atoms with van der Waals surface area (Å²) in [5.74, 6) is 0.947. The molecule has 0 radical (unpaired) electrons. The van der Waals surface area contributed by atoms with Crippen molar-refractivity contribution in [2.24, 2.45) is 0 Å². The normalized spacial score (nSPS) is 10.1. The lowest BCUT2D eigenvalue weighted by atomic mass is 10.1. The molecule has 0 heterocycles. The van der Waals surface area contributed by atoms with Crippen molar-refractivity contribution >= 4 is 0 Å². The number of hydrogen-bond donors (Lipinski definition) is 0. The predicted molar refractivity (Wildman–Crippen MR) is 60.8 cm³/mol. The highest BCUT2D eigenvalue weighted by atomic mass is 16.5. The van der Waals surface area contributed by atoms with Gasteiger partial charge in [0.15, 0.2) is 0 Å². The van der Waals surface area contributed by atoms with Gasteiger partial charge in [0.25, 0.3) is 0 Å². The Bertz CT molecular complexity index is 238. The lowest BCUT2D eigenvalue weighted by Gasteiger charge is -2.03. The van der Waals surface area contributed by atoms with Gasteiger partial charge in [0.2, 0.25) is 0 Å². The average Bonchev–Trinajstić information content (AvgIpc) is 2.25. The molecule has 1 rings (SSSR count). The van der Waals surface area contributed by atoms with Gasteiger partial charge in [-0.3, -0.25) is 0 Å². The lowest BCUT2D eigenvalue weighted by molar-refractivity contribution is 0.414. The van der Waals surface area contributed by atoms with E-state index >= 15 is 0 Å². The van der Waals surface area contributed by atoms with E-state index in [-0.39, 0.29) is 0 Å². The van der Waals surface area contributed by atoms with Crippen LogP contribution >= 0.6 is 0 Å². The van der Waals surface area contributed by atoms with Crippen molar-refractivity contribution < 1.29 is 4.74 Å². The van der Waals surface area contributed by atoms with Gasteiger partial charge in [0.1, 0.15) is 5.75 Å². The summed E-state index contributed by atoms with van der Waals surface area (Å²) in [5.41, 5.74) is 1.42. The van der Waals surface area contributed by atoms with Crippen LogP contribution in [-0.2, 0) is 6.42 Å². The molecule has 0 aliphatic heterocycles. The maximum Gasteiger partial charge on any atom is 0.118 e. The van der Waals surface area contributed by atoms with E-state index in [4.69, 9.17) is 4.74 Å². The molecule has 0 saturated carbocycles. The first-order valence-corrected chi connectivity index (χ1v) is 5.49. The SMILES string of the molecule is CCCCCCc1ccc(OC)cc1. The molecule has 0 amide bonds. The van der Waals surface area contributed by atoms with Crippen LogP contribution in [0.25, 0.3) is 0 Å². The second kappa shape index (κ2) is 6.47. The summed E-state index contributed by atoms with van der Waals surface area (Å²) in [6.07, 6.45) is 6.52. The number of rotatable bonds is 6. The number of benzene rings is 1. The quantitative estimate of drug-likeness (QED) is 0.623. The molecule has 1 aromatic carbocycles. The van der Waals surface area contributed by atoms with Crippen molar-refractivity contribution in [1.29, 1.82) is 0 Å². The van der Waals surface area contributed by atoms with Crippen LogP contribution in [0.4, 0.5) is 0 Å². The molecule has 0 N–H and O–H groups in total. The second-order valence-corrected chi connectivity index (χ2v) is 3.66. The molecule has 0 spiro atoms. The fraction of sp³-hybridized carbons (Fsp3) is 0.538. The Balaban J connectivity index is 2.29. The Labute approximate surface area is 87.1 Å². The maximum absolute atomic E-state index is 5.11. The summed E-state index contributed by atoms with van der Waals surface area (Å²) in [6.45, 7) is 2.24. The van der Waals surface area contributed by atoms with Gasteiger partial charge in [-0.1, -0.05) is 38.3 Å². The van der Waals surface area contributed by atoms with Gasteiger partial charge in [0, 0.05) is 0 Å². The van der Waals surface area contributed by atoms with E-state index in [0.29, 0.717) is 0 Å². The number of unbranched alkanes of at least 4 members (excludes halogenated alkanes) is 3. The summed E-state index contributed by atoms with van der Waals surface area (Å²) < 4.78 is 5.11. The smallest absolute Gasteiger partial charge is 0.118 e. The van der Waals surface area contributed by atoms with Crippen LogP contribution in [0, 0.1) is 0 Å². The summed E-state index contributed by atoms with van der Waals surface area (Å²) >= 11 is 0. The van der Waals surface area contributed by atoms with E-state index in [1.54, 1.807) is 7.11 Å². The average molecular weight is 192 g/mol. The molecule has 0 aliphatic rings. The van der Waals surface area contributed by atoms with Crippen molar-refractivity contribution in [1.82, 2.24) is 0 Å². The van der Waals surface area contributed by atoms with Crippen LogP contribution in [0.1, 0.15) is 38.2 Å². The molecule has 1 nitrogen and oxygen atoms in total. The number of aryl methyl sites for hydroxylation is 1. The zero-order chi connectivity index (χ0) is 10.2. The van der Waals surface area contributed by atoms with Gasteiger partial charge >= 0.3 is 0 Å². The number of ether oxygens (including phenoxy) is 1. The molecular formula is C13H20O. The number of methoxy groups -OCH3 is 1. The summed E-state index contributed by atoms with van der Waals surface area (Å²) in [4.78, 5) is 0. The molecule has 14 heavy (non-hydrogen) atoms. The Morgan fingerprint density at radius 1 is 1.00 bits per heavy atom. The van der Waals surface area contributed by atoms with Crippen molar-refractivity contribution in [3.63, 3.8) is 0 Å². The molecule has 0 aliphatic carbocycles. The van der Waals surface area contributed by atoms with Gasteiger partial charge in [-0.05, 0) is 30.5 Å². The van der Waals surface area contributed by atoms with Crippen LogP contribution in [0.5, 0.6) is 5.75 Å². The fourth-order valence-corrected chi connectivity index (χ4v) is 1.55. The monoisotopic (exact) mass is 192 g/mol. The summed E-state index contributed by atoms with van der Waals surface area (Å²) in [7, 11) is 1.70. The van der Waals surface area contributed by atoms with Crippen LogP contribution in [0.3, 0.4) is 0 Å². The van der Waals surface area contributed by atoms with E-state index in [9.17, 15) is 0 Å². The molecule has 0 saturated heterocycles. The summed E-state index contributed by atoms with van der Waals surface area (Å²) in [5, 5.41) is 0. The fourth-order valence-electron chi connectivity index (χ4n) is 1.55. The Morgan fingerprint density at radius 3 is 2.29 bits per heavy atom. The Kier molecular flexibility index (Phi) is 5.13. The van der Waals surface area contributed by atoms with Gasteiger partial charge < -0.3 is 4.74 Å². The third kappa shape index (κ3) is 3.82. The van der Waals surface area contributed by atoms with E-state index in [1.165, 1.54) is 37.7 Å².